The monoisotopic (exact) mass is 169 g/mol. The highest BCUT2D eigenvalue weighted by Crippen LogP contribution is 2.10. The largest absolute Gasteiger partial charge is 0.344 e. The first-order valence-electron chi connectivity index (χ1n) is 4.23. The number of hydrogen-bond acceptors (Lipinski definition) is 2. The molecule has 1 aliphatic rings. The molecule has 4 heteroatoms. The number of carbonyl (C=O) groups is 1. The smallest absolute Gasteiger partial charge is 0.249 e. The normalized spacial score (nSPS) is 28.4. The van der Waals surface area contributed by atoms with Gasteiger partial charge >= 0.3 is 0 Å². The molecule has 68 valence electrons. The van der Waals surface area contributed by atoms with Crippen molar-refractivity contribution in [3.8, 4) is 0 Å². The minimum Gasteiger partial charge on any atom is -0.344 e. The van der Waals surface area contributed by atoms with Gasteiger partial charge in [0, 0.05) is 7.05 Å². The molecule has 1 fully saturated rings. The predicted molar refractivity (Wildman–Crippen MR) is 47.9 cm³/mol. The van der Waals surface area contributed by atoms with Crippen molar-refractivity contribution in [2.75, 3.05) is 7.05 Å². The van der Waals surface area contributed by atoms with Crippen molar-refractivity contribution in [2.45, 2.75) is 26.3 Å². The fourth-order valence-corrected chi connectivity index (χ4v) is 1.20. The lowest BCUT2D eigenvalue weighted by Gasteiger charge is -2.13. The number of rotatable bonds is 2. The first kappa shape index (κ1) is 9.03. The van der Waals surface area contributed by atoms with E-state index in [0.717, 1.165) is 6.42 Å². The van der Waals surface area contributed by atoms with Gasteiger partial charge in [0.1, 0.15) is 6.04 Å². The van der Waals surface area contributed by atoms with E-state index in [4.69, 9.17) is 0 Å². The summed E-state index contributed by atoms with van der Waals surface area (Å²) in [4.78, 5) is 15.2. The molecule has 0 aromatic rings. The SMILES string of the molecule is CCC(C)C1NC(=NC)NC1=O. The van der Waals surface area contributed by atoms with Crippen molar-refractivity contribution in [1.82, 2.24) is 10.6 Å². The van der Waals surface area contributed by atoms with Crippen LogP contribution in [0.1, 0.15) is 20.3 Å². The second kappa shape index (κ2) is 3.56. The maximum atomic E-state index is 11.3. The molecule has 1 rings (SSSR count). The Hall–Kier alpha value is -1.06. The summed E-state index contributed by atoms with van der Waals surface area (Å²) in [5.41, 5.74) is 0. The standard InChI is InChI=1S/C8H15N3O/c1-4-5(2)6-7(12)11-8(9-3)10-6/h5-6H,4H2,1-3H3,(H2,9,10,11,12). The molecule has 2 atom stereocenters. The zero-order chi connectivity index (χ0) is 9.14. The number of nitrogens with one attached hydrogen (secondary N) is 2. The zero-order valence-corrected chi connectivity index (χ0v) is 7.72. The summed E-state index contributed by atoms with van der Waals surface area (Å²) in [6.07, 6.45) is 0.988. The van der Waals surface area contributed by atoms with Gasteiger partial charge in [-0.05, 0) is 5.92 Å². The molecule has 2 N–H and O–H groups in total. The van der Waals surface area contributed by atoms with Crippen LogP contribution in [0, 0.1) is 5.92 Å². The van der Waals surface area contributed by atoms with Crippen molar-refractivity contribution in [3.63, 3.8) is 0 Å². The molecule has 0 radical (unpaired) electrons. The van der Waals surface area contributed by atoms with Gasteiger partial charge in [0.15, 0.2) is 5.96 Å². The number of hydrogen-bond donors (Lipinski definition) is 2. The highest BCUT2D eigenvalue weighted by Gasteiger charge is 2.31. The van der Waals surface area contributed by atoms with Crippen LogP contribution < -0.4 is 10.6 Å². The maximum absolute atomic E-state index is 11.3. The van der Waals surface area contributed by atoms with E-state index in [9.17, 15) is 4.79 Å². The molecule has 0 bridgehead atoms. The molecule has 1 heterocycles. The number of aliphatic imine (C=N–C) groups is 1. The molecular weight excluding hydrogens is 154 g/mol. The molecule has 1 aliphatic heterocycles. The summed E-state index contributed by atoms with van der Waals surface area (Å²) in [7, 11) is 1.65. The van der Waals surface area contributed by atoms with Crippen LogP contribution in [0.5, 0.6) is 0 Å². The quantitative estimate of drug-likeness (QED) is 0.616. The van der Waals surface area contributed by atoms with Crippen molar-refractivity contribution in [3.05, 3.63) is 0 Å². The van der Waals surface area contributed by atoms with Crippen LogP contribution in [-0.2, 0) is 4.79 Å². The van der Waals surface area contributed by atoms with Crippen molar-refractivity contribution in [2.24, 2.45) is 10.9 Å². The summed E-state index contributed by atoms with van der Waals surface area (Å²) in [6.45, 7) is 4.12. The predicted octanol–water partition coefficient (Wildman–Crippen LogP) is 0.106. The van der Waals surface area contributed by atoms with Crippen LogP contribution >= 0.6 is 0 Å². The van der Waals surface area contributed by atoms with Crippen molar-refractivity contribution in [1.29, 1.82) is 0 Å². The maximum Gasteiger partial charge on any atom is 0.249 e. The first-order valence-corrected chi connectivity index (χ1v) is 4.23. The number of nitrogens with zero attached hydrogens (tertiary/aromatic N) is 1. The Bertz CT molecular complexity index is 212. The molecule has 1 amide bonds. The van der Waals surface area contributed by atoms with Gasteiger partial charge in [-0.25, -0.2) is 0 Å². The van der Waals surface area contributed by atoms with Crippen LogP contribution in [0.25, 0.3) is 0 Å². The van der Waals surface area contributed by atoms with Crippen LogP contribution in [0.3, 0.4) is 0 Å². The van der Waals surface area contributed by atoms with Gasteiger partial charge in [-0.2, -0.15) is 0 Å². The van der Waals surface area contributed by atoms with Crippen LogP contribution in [0.15, 0.2) is 4.99 Å². The molecule has 0 aromatic carbocycles. The summed E-state index contributed by atoms with van der Waals surface area (Å²) in [5.74, 6) is 0.972. The highest BCUT2D eigenvalue weighted by molar-refractivity contribution is 6.06. The summed E-state index contributed by atoms with van der Waals surface area (Å²) in [6, 6.07) is -0.103. The third kappa shape index (κ3) is 1.57. The van der Waals surface area contributed by atoms with Crippen LogP contribution in [-0.4, -0.2) is 25.0 Å². The van der Waals surface area contributed by atoms with Gasteiger partial charge in [-0.1, -0.05) is 20.3 Å². The fraction of sp³-hybridized carbons (Fsp3) is 0.750. The third-order valence-corrected chi connectivity index (χ3v) is 2.25. The number of guanidine groups is 1. The van der Waals surface area contributed by atoms with Gasteiger partial charge in [0.2, 0.25) is 5.91 Å². The van der Waals surface area contributed by atoms with E-state index in [0.29, 0.717) is 11.9 Å². The zero-order valence-electron chi connectivity index (χ0n) is 7.72. The Morgan fingerprint density at radius 3 is 2.75 bits per heavy atom. The van der Waals surface area contributed by atoms with Crippen LogP contribution in [0.4, 0.5) is 0 Å². The Morgan fingerprint density at radius 1 is 1.67 bits per heavy atom. The van der Waals surface area contributed by atoms with E-state index >= 15 is 0 Å². The molecule has 4 nitrogen and oxygen atoms in total. The summed E-state index contributed by atoms with van der Waals surface area (Å²) >= 11 is 0. The van der Waals surface area contributed by atoms with E-state index in [-0.39, 0.29) is 11.9 Å². The van der Waals surface area contributed by atoms with E-state index in [2.05, 4.69) is 29.5 Å². The van der Waals surface area contributed by atoms with Gasteiger partial charge in [0.25, 0.3) is 0 Å². The molecule has 2 unspecified atom stereocenters. The molecule has 0 aliphatic carbocycles. The minimum atomic E-state index is -0.103. The Kier molecular flexibility index (Phi) is 2.68. The van der Waals surface area contributed by atoms with Crippen molar-refractivity contribution >= 4 is 11.9 Å². The first-order chi connectivity index (χ1) is 5.69. The minimum absolute atomic E-state index is 0.0324. The molecule has 1 saturated heterocycles. The lowest BCUT2D eigenvalue weighted by molar-refractivity contribution is -0.121. The summed E-state index contributed by atoms with van der Waals surface area (Å²) in [5, 5.41) is 5.70. The number of carbonyl (C=O) groups excluding carboxylic acids is 1. The van der Waals surface area contributed by atoms with E-state index in [1.807, 2.05) is 0 Å². The Labute approximate surface area is 72.4 Å². The average molecular weight is 169 g/mol. The van der Waals surface area contributed by atoms with E-state index in [1.54, 1.807) is 7.05 Å². The highest BCUT2D eigenvalue weighted by atomic mass is 16.2. The third-order valence-electron chi connectivity index (χ3n) is 2.25. The van der Waals surface area contributed by atoms with Gasteiger partial charge < -0.3 is 5.32 Å². The lowest BCUT2D eigenvalue weighted by atomic mass is 10.00. The number of amides is 1. The van der Waals surface area contributed by atoms with Gasteiger partial charge in [-0.3, -0.25) is 15.1 Å². The van der Waals surface area contributed by atoms with E-state index in [1.165, 1.54) is 0 Å². The second-order valence-corrected chi connectivity index (χ2v) is 3.07. The van der Waals surface area contributed by atoms with Gasteiger partial charge in [-0.15, -0.1) is 0 Å². The van der Waals surface area contributed by atoms with Crippen molar-refractivity contribution < 1.29 is 4.79 Å². The summed E-state index contributed by atoms with van der Waals surface area (Å²) < 4.78 is 0. The fourth-order valence-electron chi connectivity index (χ4n) is 1.20. The average Bonchev–Trinajstić information content (AvgIpc) is 2.45. The molecular formula is C8H15N3O. The Morgan fingerprint density at radius 2 is 2.33 bits per heavy atom. The molecule has 0 saturated carbocycles. The van der Waals surface area contributed by atoms with E-state index < -0.39 is 0 Å². The lowest BCUT2D eigenvalue weighted by Crippen LogP contribution is -2.35. The molecule has 0 spiro atoms. The second-order valence-electron chi connectivity index (χ2n) is 3.07. The Balaban J connectivity index is 2.63. The van der Waals surface area contributed by atoms with Gasteiger partial charge in [0.05, 0.1) is 0 Å². The van der Waals surface area contributed by atoms with Crippen LogP contribution in [0.2, 0.25) is 0 Å². The molecule has 12 heavy (non-hydrogen) atoms. The topological polar surface area (TPSA) is 53.5 Å². The molecule has 0 aromatic heterocycles.